The number of aliphatic hydroxyl groups excluding tert-OH is 2. The van der Waals surface area contributed by atoms with Gasteiger partial charge in [0.2, 0.25) is 0 Å². The van der Waals surface area contributed by atoms with E-state index in [1.165, 1.54) is 6.42 Å². The monoisotopic (exact) mass is 368 g/mol. The van der Waals surface area contributed by atoms with Gasteiger partial charge < -0.3 is 15.5 Å². The Balaban J connectivity index is 1.74. The van der Waals surface area contributed by atoms with Gasteiger partial charge in [-0.1, -0.05) is 37.3 Å². The lowest BCUT2D eigenvalue weighted by molar-refractivity contribution is 0.0941. The van der Waals surface area contributed by atoms with Gasteiger partial charge in [-0.15, -0.1) is 0 Å². The first-order valence-corrected chi connectivity index (χ1v) is 9.62. The van der Waals surface area contributed by atoms with E-state index in [0.29, 0.717) is 18.2 Å². The van der Waals surface area contributed by atoms with Crippen molar-refractivity contribution in [3.63, 3.8) is 0 Å². The normalized spacial score (nSPS) is 17.2. The molecule has 5 nitrogen and oxygen atoms in total. The first-order chi connectivity index (χ1) is 13.2. The minimum absolute atomic E-state index is 0.0638. The quantitative estimate of drug-likeness (QED) is 0.702. The molecule has 0 unspecified atom stereocenters. The summed E-state index contributed by atoms with van der Waals surface area (Å²) in [5.74, 6) is -0.0719. The molecule has 0 radical (unpaired) electrons. The zero-order valence-electron chi connectivity index (χ0n) is 15.8. The van der Waals surface area contributed by atoms with Crippen molar-refractivity contribution in [3.8, 4) is 11.1 Å². The largest absolute Gasteiger partial charge is 0.392 e. The molecule has 1 heterocycles. The molecule has 1 amide bonds. The highest BCUT2D eigenvalue weighted by Crippen LogP contribution is 2.26. The maximum atomic E-state index is 12.6. The molecule has 0 saturated carbocycles. The lowest BCUT2D eigenvalue weighted by atomic mass is 9.96. The van der Waals surface area contributed by atoms with E-state index in [1.54, 1.807) is 6.07 Å². The van der Waals surface area contributed by atoms with Crippen LogP contribution in [0.2, 0.25) is 0 Å². The molecular weight excluding hydrogens is 340 g/mol. The van der Waals surface area contributed by atoms with Crippen molar-refractivity contribution >= 4 is 5.91 Å². The number of likely N-dealkylation sites (tertiary alicyclic amines) is 1. The van der Waals surface area contributed by atoms with Crippen LogP contribution in [0.4, 0.5) is 0 Å². The number of hydrogen-bond donors (Lipinski definition) is 3. The first-order valence-electron chi connectivity index (χ1n) is 9.62. The Morgan fingerprint density at radius 1 is 1.19 bits per heavy atom. The molecule has 0 spiro atoms. The number of rotatable bonds is 7. The molecule has 0 aromatic heterocycles. The number of hydrogen-bond acceptors (Lipinski definition) is 4. The summed E-state index contributed by atoms with van der Waals surface area (Å²) in [6.45, 7) is 4.78. The van der Waals surface area contributed by atoms with Crippen LogP contribution < -0.4 is 5.32 Å². The van der Waals surface area contributed by atoms with Gasteiger partial charge in [0, 0.05) is 18.2 Å². The number of amides is 1. The highest BCUT2D eigenvalue weighted by atomic mass is 16.3. The highest BCUT2D eigenvalue weighted by molar-refractivity contribution is 5.95. The number of benzene rings is 2. The number of carbonyl (C=O) groups is 1. The van der Waals surface area contributed by atoms with Crippen LogP contribution in [0.5, 0.6) is 0 Å². The van der Waals surface area contributed by atoms with Gasteiger partial charge in [-0.3, -0.25) is 9.69 Å². The number of nitrogens with zero attached hydrogens (tertiary/aromatic N) is 1. The molecule has 1 fully saturated rings. The molecule has 1 aliphatic rings. The minimum atomic E-state index is -0.117. The van der Waals surface area contributed by atoms with Crippen molar-refractivity contribution in [2.24, 2.45) is 0 Å². The second kappa shape index (κ2) is 9.13. The minimum Gasteiger partial charge on any atom is -0.392 e. The topological polar surface area (TPSA) is 72.8 Å². The third-order valence-corrected chi connectivity index (χ3v) is 5.36. The van der Waals surface area contributed by atoms with E-state index >= 15 is 0 Å². The third-order valence-electron chi connectivity index (χ3n) is 5.36. The van der Waals surface area contributed by atoms with E-state index < -0.39 is 0 Å². The Hall–Kier alpha value is -2.21. The molecule has 3 rings (SSSR count). The maximum absolute atomic E-state index is 12.6. The molecule has 5 heteroatoms. The van der Waals surface area contributed by atoms with Gasteiger partial charge in [0.05, 0.1) is 13.2 Å². The molecule has 2 aromatic rings. The zero-order chi connectivity index (χ0) is 19.2. The lowest BCUT2D eigenvalue weighted by Gasteiger charge is -2.22. The number of nitrogens with one attached hydrogen (secondary N) is 1. The van der Waals surface area contributed by atoms with Crippen molar-refractivity contribution in [2.75, 3.05) is 19.6 Å². The van der Waals surface area contributed by atoms with Crippen LogP contribution in [0.25, 0.3) is 11.1 Å². The van der Waals surface area contributed by atoms with Crippen LogP contribution in [0.15, 0.2) is 42.5 Å². The summed E-state index contributed by atoms with van der Waals surface area (Å²) < 4.78 is 0. The van der Waals surface area contributed by atoms with E-state index in [2.05, 4.69) is 17.1 Å². The fraction of sp³-hybridized carbons (Fsp3) is 0.409. The van der Waals surface area contributed by atoms with Crippen LogP contribution in [-0.2, 0) is 13.2 Å². The van der Waals surface area contributed by atoms with Crippen LogP contribution in [0.1, 0.15) is 41.3 Å². The molecule has 1 saturated heterocycles. The molecule has 0 aliphatic carbocycles. The van der Waals surface area contributed by atoms with Crippen LogP contribution >= 0.6 is 0 Å². The van der Waals surface area contributed by atoms with Crippen LogP contribution in [0.3, 0.4) is 0 Å². The Morgan fingerprint density at radius 2 is 2.04 bits per heavy atom. The van der Waals surface area contributed by atoms with Gasteiger partial charge in [0.15, 0.2) is 0 Å². The molecular formula is C22H28N2O3. The maximum Gasteiger partial charge on any atom is 0.251 e. The van der Waals surface area contributed by atoms with Crippen molar-refractivity contribution < 1.29 is 15.0 Å². The van der Waals surface area contributed by atoms with E-state index in [-0.39, 0.29) is 19.1 Å². The molecule has 1 aliphatic heterocycles. The van der Waals surface area contributed by atoms with E-state index in [0.717, 1.165) is 41.8 Å². The average molecular weight is 368 g/mol. The summed E-state index contributed by atoms with van der Waals surface area (Å²) in [6.07, 6.45) is 2.32. The fourth-order valence-electron chi connectivity index (χ4n) is 3.84. The fourth-order valence-corrected chi connectivity index (χ4v) is 3.84. The first kappa shape index (κ1) is 19.5. The van der Waals surface area contributed by atoms with Gasteiger partial charge in [-0.2, -0.15) is 0 Å². The summed E-state index contributed by atoms with van der Waals surface area (Å²) in [6, 6.07) is 13.4. The molecule has 27 heavy (non-hydrogen) atoms. The Labute approximate surface area is 160 Å². The number of carbonyl (C=O) groups excluding carboxylic acids is 1. The Kier molecular flexibility index (Phi) is 6.61. The Bertz CT molecular complexity index is 791. The van der Waals surface area contributed by atoms with Gasteiger partial charge in [-0.25, -0.2) is 0 Å². The molecule has 0 bridgehead atoms. The van der Waals surface area contributed by atoms with Gasteiger partial charge in [-0.05, 0) is 60.3 Å². The van der Waals surface area contributed by atoms with E-state index in [1.807, 2.05) is 36.4 Å². The molecule has 144 valence electrons. The predicted molar refractivity (Wildman–Crippen MR) is 106 cm³/mol. The predicted octanol–water partition coefficient (Wildman–Crippen LogP) is 2.55. The summed E-state index contributed by atoms with van der Waals surface area (Å²) in [5, 5.41) is 22.0. The van der Waals surface area contributed by atoms with Crippen molar-refractivity contribution in [2.45, 2.75) is 39.0 Å². The summed E-state index contributed by atoms with van der Waals surface area (Å²) in [4.78, 5) is 15.0. The number of aliphatic hydroxyl groups is 2. The van der Waals surface area contributed by atoms with Crippen LogP contribution in [-0.4, -0.2) is 46.7 Å². The standard InChI is InChI=1S/C22H28N2O3/c1-2-24-10-4-7-20(24)13-23-22(27)18-6-3-5-17(12-18)21-9-8-16(14-25)11-19(21)15-26/h3,5-6,8-9,11-12,20,25-26H,2,4,7,10,13-15H2,1H3,(H,23,27)/t20-/m0/s1. The molecule has 2 aromatic carbocycles. The lowest BCUT2D eigenvalue weighted by Crippen LogP contribution is -2.40. The van der Waals surface area contributed by atoms with Gasteiger partial charge in [0.25, 0.3) is 5.91 Å². The zero-order valence-corrected chi connectivity index (χ0v) is 15.8. The Morgan fingerprint density at radius 3 is 2.78 bits per heavy atom. The second-order valence-corrected chi connectivity index (χ2v) is 7.02. The van der Waals surface area contributed by atoms with Crippen molar-refractivity contribution in [3.05, 3.63) is 59.2 Å². The molecule has 1 atom stereocenters. The summed E-state index contributed by atoms with van der Waals surface area (Å²) >= 11 is 0. The second-order valence-electron chi connectivity index (χ2n) is 7.02. The smallest absolute Gasteiger partial charge is 0.251 e. The van der Waals surface area contributed by atoms with Crippen molar-refractivity contribution in [1.82, 2.24) is 10.2 Å². The SMILES string of the molecule is CCN1CCC[C@H]1CNC(=O)c1cccc(-c2ccc(CO)cc2CO)c1. The summed E-state index contributed by atoms with van der Waals surface area (Å²) in [7, 11) is 0. The van der Waals surface area contributed by atoms with Crippen molar-refractivity contribution in [1.29, 1.82) is 0 Å². The molecule has 3 N–H and O–H groups in total. The number of likely N-dealkylation sites (N-methyl/N-ethyl adjacent to an activating group) is 1. The van der Waals surface area contributed by atoms with E-state index in [4.69, 9.17) is 0 Å². The van der Waals surface area contributed by atoms with Gasteiger partial charge >= 0.3 is 0 Å². The highest BCUT2D eigenvalue weighted by Gasteiger charge is 2.23. The average Bonchev–Trinajstić information content (AvgIpc) is 3.19. The third kappa shape index (κ3) is 4.56. The van der Waals surface area contributed by atoms with Gasteiger partial charge in [0.1, 0.15) is 0 Å². The summed E-state index contributed by atoms with van der Waals surface area (Å²) in [5.41, 5.74) is 3.87. The van der Waals surface area contributed by atoms with E-state index in [9.17, 15) is 15.0 Å². The van der Waals surface area contributed by atoms with Crippen LogP contribution in [0, 0.1) is 0 Å².